The molecule has 5 nitrogen and oxygen atoms in total. The fourth-order valence-electron chi connectivity index (χ4n) is 7.54. The molecule has 0 aliphatic carbocycles. The Morgan fingerprint density at radius 3 is 2.06 bits per heavy atom. The molecular weight excluding hydrogens is 657 g/mol. The van der Waals surface area contributed by atoms with Gasteiger partial charge in [0.25, 0.3) is 0 Å². The van der Waals surface area contributed by atoms with Gasteiger partial charge in [0, 0.05) is 64.2 Å². The lowest BCUT2D eigenvalue weighted by Gasteiger charge is -2.13. The van der Waals surface area contributed by atoms with Crippen molar-refractivity contribution in [3.63, 3.8) is 0 Å². The van der Waals surface area contributed by atoms with Gasteiger partial charge in [0.05, 0.1) is 11.0 Å². The van der Waals surface area contributed by atoms with Gasteiger partial charge in [0.15, 0.2) is 6.17 Å². The van der Waals surface area contributed by atoms with Gasteiger partial charge >= 0.3 is 0 Å². The lowest BCUT2D eigenvalue weighted by molar-refractivity contribution is 0.668. The maximum absolute atomic E-state index is 6.66. The minimum atomic E-state index is -0.544. The van der Waals surface area contributed by atoms with E-state index in [0.29, 0.717) is 5.84 Å². The number of rotatable bonds is 6. The molecule has 0 saturated carbocycles. The highest BCUT2D eigenvalue weighted by Gasteiger charge is 2.19. The lowest BCUT2D eigenvalue weighted by atomic mass is 10.1. The van der Waals surface area contributed by atoms with Gasteiger partial charge < -0.3 is 14.7 Å². The van der Waals surface area contributed by atoms with Crippen molar-refractivity contribution >= 4 is 86.8 Å². The van der Waals surface area contributed by atoms with E-state index in [1.165, 1.54) is 42.0 Å². The minimum Gasteiger partial charge on any atom is -0.456 e. The van der Waals surface area contributed by atoms with Gasteiger partial charge in [-0.15, -0.1) is 11.3 Å². The van der Waals surface area contributed by atoms with Gasteiger partial charge in [-0.05, 0) is 61.0 Å². The maximum atomic E-state index is 6.66. The summed E-state index contributed by atoms with van der Waals surface area (Å²) in [6.07, 6.45) is -0.544. The number of nitrogens with two attached hydrogens (primary N) is 1. The van der Waals surface area contributed by atoms with Crippen LogP contribution in [0, 0.1) is 0 Å². The van der Waals surface area contributed by atoms with Crippen LogP contribution in [0.3, 0.4) is 0 Å². The summed E-state index contributed by atoms with van der Waals surface area (Å²) in [5, 5.41) is 7.06. The average molecular weight is 689 g/mol. The number of aromatic nitrogens is 1. The van der Waals surface area contributed by atoms with Crippen molar-refractivity contribution in [1.29, 1.82) is 0 Å². The number of aliphatic imine (C=N–C) groups is 2. The number of para-hydroxylation sites is 2. The predicted octanol–water partition coefficient (Wildman–Crippen LogP) is 12.0. The largest absolute Gasteiger partial charge is 0.456 e. The van der Waals surface area contributed by atoms with Gasteiger partial charge in [-0.3, -0.25) is 4.99 Å². The molecule has 10 rings (SSSR count). The fourth-order valence-corrected chi connectivity index (χ4v) is 8.78. The first kappa shape index (κ1) is 30.3. The summed E-state index contributed by atoms with van der Waals surface area (Å²) >= 11 is 1.77. The molecule has 0 fully saturated rings. The number of fused-ring (bicyclic) bond motifs is 9. The quantitative estimate of drug-likeness (QED) is 0.140. The topological polar surface area (TPSA) is 68.8 Å². The Kier molecular flexibility index (Phi) is 7.05. The Morgan fingerprint density at radius 1 is 0.577 bits per heavy atom. The fraction of sp³-hybridized carbons (Fsp3) is 0.0435. The number of benzene rings is 7. The highest BCUT2D eigenvalue weighted by molar-refractivity contribution is 7.26. The van der Waals surface area contributed by atoms with E-state index in [1.54, 1.807) is 11.3 Å². The Morgan fingerprint density at radius 2 is 1.27 bits per heavy atom. The van der Waals surface area contributed by atoms with Crippen LogP contribution in [-0.4, -0.2) is 16.1 Å². The van der Waals surface area contributed by atoms with Crippen LogP contribution in [0.25, 0.3) is 69.6 Å². The standard InChI is InChI=1S/C46H32N4OS/c1-28(48-46(49-45(47)29-12-3-2-4-13-29)37-18-11-17-36-35-16-7-10-21-43(35)52-44(36)37)30-22-24-34-38-27-31(23-25-41(38)51-42(34)26-30)50-39-19-8-5-14-32(39)33-15-6-9-20-40(33)50/h2-27,46H,1H3,(H2,47,49). The first-order valence-corrected chi connectivity index (χ1v) is 18.2. The zero-order valence-corrected chi connectivity index (χ0v) is 29.1. The van der Waals surface area contributed by atoms with Crippen LogP contribution in [0.2, 0.25) is 0 Å². The van der Waals surface area contributed by atoms with Gasteiger partial charge in [-0.25, -0.2) is 4.99 Å². The number of hydrogen-bond donors (Lipinski definition) is 1. The summed E-state index contributed by atoms with van der Waals surface area (Å²) in [5.74, 6) is 0.451. The number of amidine groups is 1. The zero-order valence-electron chi connectivity index (χ0n) is 28.3. The van der Waals surface area contributed by atoms with E-state index in [2.05, 4.69) is 132 Å². The molecule has 0 radical (unpaired) electrons. The second kappa shape index (κ2) is 12.1. The molecule has 0 aliphatic rings. The maximum Gasteiger partial charge on any atom is 0.169 e. The molecular formula is C46H32N4OS. The number of thiophene rings is 1. The summed E-state index contributed by atoms with van der Waals surface area (Å²) in [5.41, 5.74) is 15.5. The molecule has 2 N–H and O–H groups in total. The molecule has 52 heavy (non-hydrogen) atoms. The van der Waals surface area contributed by atoms with Crippen molar-refractivity contribution < 1.29 is 4.42 Å². The van der Waals surface area contributed by atoms with Crippen LogP contribution in [0.15, 0.2) is 172 Å². The number of nitrogens with zero attached hydrogens (tertiary/aromatic N) is 3. The van der Waals surface area contributed by atoms with Crippen molar-refractivity contribution in [3.05, 3.63) is 174 Å². The lowest BCUT2D eigenvalue weighted by Crippen LogP contribution is -2.15. The predicted molar refractivity (Wildman–Crippen MR) is 220 cm³/mol. The van der Waals surface area contributed by atoms with Gasteiger partial charge in [-0.1, -0.05) is 109 Å². The first-order chi connectivity index (χ1) is 25.6. The molecule has 10 aromatic rings. The molecule has 3 aromatic heterocycles. The second-order valence-corrected chi connectivity index (χ2v) is 14.2. The van der Waals surface area contributed by atoms with E-state index in [0.717, 1.165) is 50.0 Å². The molecule has 7 aromatic carbocycles. The Balaban J connectivity index is 1.09. The van der Waals surface area contributed by atoms with Crippen LogP contribution < -0.4 is 5.73 Å². The van der Waals surface area contributed by atoms with Gasteiger partial charge in [0.1, 0.15) is 17.0 Å². The first-order valence-electron chi connectivity index (χ1n) is 17.4. The Hall–Kier alpha value is -6.50. The van der Waals surface area contributed by atoms with Crippen LogP contribution in [0.4, 0.5) is 0 Å². The molecule has 248 valence electrons. The molecule has 0 amide bonds. The Labute approximate surface area is 303 Å². The summed E-state index contributed by atoms with van der Waals surface area (Å²) in [4.78, 5) is 10.3. The molecule has 0 spiro atoms. The van der Waals surface area contributed by atoms with Crippen molar-refractivity contribution in [1.82, 2.24) is 4.57 Å². The summed E-state index contributed by atoms with van der Waals surface area (Å²) in [7, 11) is 0. The molecule has 6 heteroatoms. The molecule has 1 unspecified atom stereocenters. The Bertz CT molecular complexity index is 3000. The molecule has 1 atom stereocenters. The molecule has 0 bridgehead atoms. The van der Waals surface area contributed by atoms with E-state index in [1.807, 2.05) is 37.3 Å². The number of furan rings is 1. The third-order valence-corrected chi connectivity index (χ3v) is 11.3. The molecule has 0 saturated heterocycles. The van der Waals surface area contributed by atoms with E-state index >= 15 is 0 Å². The van der Waals surface area contributed by atoms with E-state index in [-0.39, 0.29) is 0 Å². The SMILES string of the molecule is CC(=NC(N=C(N)c1ccccc1)c1cccc2c1sc1ccccc12)c1ccc2c(c1)oc1ccc(-n3c4ccccc4c4ccccc43)cc12. The summed E-state index contributed by atoms with van der Waals surface area (Å²) < 4.78 is 11.2. The van der Waals surface area contributed by atoms with Crippen molar-refractivity contribution in [2.75, 3.05) is 0 Å². The van der Waals surface area contributed by atoms with Crippen LogP contribution in [0.5, 0.6) is 0 Å². The van der Waals surface area contributed by atoms with Gasteiger partial charge in [-0.2, -0.15) is 0 Å². The third-order valence-electron chi connectivity index (χ3n) is 10.1. The highest BCUT2D eigenvalue weighted by Crippen LogP contribution is 2.40. The van der Waals surface area contributed by atoms with Crippen molar-refractivity contribution in [3.8, 4) is 5.69 Å². The van der Waals surface area contributed by atoms with Crippen LogP contribution in [0.1, 0.15) is 29.8 Å². The molecule has 0 aliphatic heterocycles. The third kappa shape index (κ3) is 4.91. The normalized spacial score (nSPS) is 13.3. The number of hydrogen-bond acceptors (Lipinski definition) is 4. The van der Waals surface area contributed by atoms with E-state index in [4.69, 9.17) is 20.1 Å². The molecule has 3 heterocycles. The van der Waals surface area contributed by atoms with E-state index in [9.17, 15) is 0 Å². The average Bonchev–Trinajstić information content (AvgIpc) is 3.87. The summed E-state index contributed by atoms with van der Waals surface area (Å²) in [6, 6.07) is 54.8. The van der Waals surface area contributed by atoms with Crippen LogP contribution >= 0.6 is 11.3 Å². The monoisotopic (exact) mass is 688 g/mol. The zero-order chi connectivity index (χ0) is 34.8. The van der Waals surface area contributed by atoms with Crippen molar-refractivity contribution in [2.45, 2.75) is 13.1 Å². The minimum absolute atomic E-state index is 0.451. The second-order valence-electron chi connectivity index (χ2n) is 13.2. The van der Waals surface area contributed by atoms with E-state index < -0.39 is 6.17 Å². The highest BCUT2D eigenvalue weighted by atomic mass is 32.1. The van der Waals surface area contributed by atoms with Crippen molar-refractivity contribution in [2.24, 2.45) is 15.7 Å². The smallest absolute Gasteiger partial charge is 0.169 e. The van der Waals surface area contributed by atoms with Crippen LogP contribution in [-0.2, 0) is 0 Å². The van der Waals surface area contributed by atoms with Gasteiger partial charge in [0.2, 0.25) is 0 Å². The summed E-state index contributed by atoms with van der Waals surface area (Å²) in [6.45, 7) is 2.04.